The Morgan fingerprint density at radius 1 is 1.45 bits per heavy atom. The number of benzene rings is 1. The molecule has 1 aliphatic heterocycles. The van der Waals surface area contributed by atoms with Gasteiger partial charge in [0.05, 0.1) is 25.9 Å². The molecule has 6 heteroatoms. The van der Waals surface area contributed by atoms with Gasteiger partial charge in [-0.1, -0.05) is 0 Å². The molecule has 0 aliphatic carbocycles. The van der Waals surface area contributed by atoms with E-state index in [-0.39, 0.29) is 12.7 Å². The van der Waals surface area contributed by atoms with Crippen molar-refractivity contribution in [3.63, 3.8) is 0 Å². The van der Waals surface area contributed by atoms with Crippen molar-refractivity contribution in [2.45, 2.75) is 26.1 Å². The van der Waals surface area contributed by atoms with Crippen LogP contribution >= 0.6 is 0 Å². The van der Waals surface area contributed by atoms with E-state index in [9.17, 15) is 13.6 Å². The van der Waals surface area contributed by atoms with Gasteiger partial charge in [0.1, 0.15) is 6.10 Å². The Hall–Kier alpha value is -1.79. The topological polar surface area (TPSA) is 48.1 Å². The molecule has 1 fully saturated rings. The molecule has 1 aromatic carbocycles. The standard InChI is InChI=1S/C16H18F2O4/c1-3-20-16(19)5-4-11-6-14(17)15(18)7-13(11)10(2)21-8-12-9-22-12/h4-7,10,12H,3,8-9H2,1-2H3/t10-,12+/m1/s1. The normalized spacial score (nSPS) is 18.5. The number of epoxide rings is 1. The molecule has 22 heavy (non-hydrogen) atoms. The maximum atomic E-state index is 13.5. The Bertz CT molecular complexity index is 568. The minimum atomic E-state index is -0.981. The molecule has 0 spiro atoms. The number of ether oxygens (including phenoxy) is 3. The van der Waals surface area contributed by atoms with Gasteiger partial charge >= 0.3 is 5.97 Å². The summed E-state index contributed by atoms with van der Waals surface area (Å²) in [7, 11) is 0. The quantitative estimate of drug-likeness (QED) is 0.441. The lowest BCUT2D eigenvalue weighted by molar-refractivity contribution is -0.137. The number of carbonyl (C=O) groups excluding carboxylic acids is 1. The average molecular weight is 312 g/mol. The molecule has 0 amide bonds. The van der Waals surface area contributed by atoms with E-state index in [4.69, 9.17) is 14.2 Å². The minimum Gasteiger partial charge on any atom is -0.463 e. The van der Waals surface area contributed by atoms with Crippen molar-refractivity contribution in [3.8, 4) is 0 Å². The van der Waals surface area contributed by atoms with Crippen molar-refractivity contribution in [1.29, 1.82) is 0 Å². The summed E-state index contributed by atoms with van der Waals surface area (Å²) in [4.78, 5) is 11.3. The van der Waals surface area contributed by atoms with Crippen molar-refractivity contribution in [2.24, 2.45) is 0 Å². The number of halogens is 2. The highest BCUT2D eigenvalue weighted by atomic mass is 19.2. The maximum absolute atomic E-state index is 13.5. The van der Waals surface area contributed by atoms with Crippen LogP contribution in [-0.4, -0.2) is 31.9 Å². The highest BCUT2D eigenvalue weighted by Crippen LogP contribution is 2.26. The SMILES string of the molecule is CCOC(=O)C=Cc1cc(F)c(F)cc1[C@@H](C)OC[C@H]1CO1. The Kier molecular flexibility index (Phi) is 5.63. The molecule has 2 atom stereocenters. The third-order valence-corrected chi connectivity index (χ3v) is 3.18. The van der Waals surface area contributed by atoms with Gasteiger partial charge in [-0.2, -0.15) is 0 Å². The zero-order valence-electron chi connectivity index (χ0n) is 12.5. The van der Waals surface area contributed by atoms with E-state index in [1.165, 1.54) is 12.2 Å². The fraction of sp³-hybridized carbons (Fsp3) is 0.438. The van der Waals surface area contributed by atoms with Crippen molar-refractivity contribution in [3.05, 3.63) is 41.0 Å². The Balaban J connectivity index is 2.17. The van der Waals surface area contributed by atoms with Gasteiger partial charge in [0, 0.05) is 6.08 Å². The van der Waals surface area contributed by atoms with Crippen LogP contribution in [0.1, 0.15) is 31.1 Å². The van der Waals surface area contributed by atoms with Crippen molar-refractivity contribution in [1.82, 2.24) is 0 Å². The van der Waals surface area contributed by atoms with Crippen LogP contribution in [0, 0.1) is 11.6 Å². The van der Waals surface area contributed by atoms with E-state index in [2.05, 4.69) is 0 Å². The fourth-order valence-corrected chi connectivity index (χ4v) is 1.93. The van der Waals surface area contributed by atoms with Crippen molar-refractivity contribution in [2.75, 3.05) is 19.8 Å². The first kappa shape index (κ1) is 16.6. The van der Waals surface area contributed by atoms with Crippen molar-refractivity contribution < 1.29 is 27.8 Å². The summed E-state index contributed by atoms with van der Waals surface area (Å²) in [6.45, 7) is 4.71. The number of carbonyl (C=O) groups is 1. The first-order valence-corrected chi connectivity index (χ1v) is 7.08. The van der Waals surface area contributed by atoms with Crippen LogP contribution < -0.4 is 0 Å². The Morgan fingerprint density at radius 3 is 2.77 bits per heavy atom. The monoisotopic (exact) mass is 312 g/mol. The van der Waals surface area contributed by atoms with Crippen LogP contribution in [0.5, 0.6) is 0 Å². The fourth-order valence-electron chi connectivity index (χ4n) is 1.93. The Labute approximate surface area is 127 Å². The molecule has 0 radical (unpaired) electrons. The van der Waals surface area contributed by atoms with Gasteiger partial charge in [-0.3, -0.25) is 0 Å². The first-order valence-electron chi connectivity index (χ1n) is 7.08. The van der Waals surface area contributed by atoms with E-state index < -0.39 is 23.7 Å². The summed E-state index contributed by atoms with van der Waals surface area (Å²) in [5, 5.41) is 0. The van der Waals surface area contributed by atoms with Crippen LogP contribution in [0.15, 0.2) is 18.2 Å². The summed E-state index contributed by atoms with van der Waals surface area (Å²) in [5.74, 6) is -2.48. The van der Waals surface area contributed by atoms with Crippen LogP contribution in [0.4, 0.5) is 8.78 Å². The molecule has 0 saturated carbocycles. The molecule has 1 heterocycles. The summed E-state index contributed by atoms with van der Waals surface area (Å²) in [6, 6.07) is 2.12. The van der Waals surface area contributed by atoms with Gasteiger partial charge in [0.15, 0.2) is 11.6 Å². The number of esters is 1. The van der Waals surface area contributed by atoms with Gasteiger partial charge in [-0.25, -0.2) is 13.6 Å². The molecule has 0 N–H and O–H groups in total. The largest absolute Gasteiger partial charge is 0.463 e. The molecule has 1 aliphatic rings. The number of hydrogen-bond donors (Lipinski definition) is 0. The summed E-state index contributed by atoms with van der Waals surface area (Å²) in [6.07, 6.45) is 2.19. The molecule has 1 saturated heterocycles. The smallest absolute Gasteiger partial charge is 0.330 e. The first-order chi connectivity index (χ1) is 10.5. The maximum Gasteiger partial charge on any atom is 0.330 e. The van der Waals surface area contributed by atoms with Crippen LogP contribution in [0.2, 0.25) is 0 Å². The van der Waals surface area contributed by atoms with Gasteiger partial charge in [-0.05, 0) is 43.2 Å². The lowest BCUT2D eigenvalue weighted by Gasteiger charge is -2.16. The average Bonchev–Trinajstić information content (AvgIpc) is 3.30. The molecule has 120 valence electrons. The molecule has 0 bridgehead atoms. The Morgan fingerprint density at radius 2 is 2.14 bits per heavy atom. The highest BCUT2D eigenvalue weighted by Gasteiger charge is 2.24. The third-order valence-electron chi connectivity index (χ3n) is 3.18. The zero-order valence-corrected chi connectivity index (χ0v) is 12.5. The minimum absolute atomic E-state index is 0.0752. The molecule has 0 aromatic heterocycles. The van der Waals surface area contributed by atoms with Gasteiger partial charge in [-0.15, -0.1) is 0 Å². The molecule has 2 rings (SSSR count). The van der Waals surface area contributed by atoms with Gasteiger partial charge in [0.2, 0.25) is 0 Å². The lowest BCUT2D eigenvalue weighted by atomic mass is 10.0. The zero-order chi connectivity index (χ0) is 16.1. The van der Waals surface area contributed by atoms with E-state index >= 15 is 0 Å². The van der Waals surface area contributed by atoms with Crippen LogP contribution in [-0.2, 0) is 19.0 Å². The summed E-state index contributed by atoms with van der Waals surface area (Å²) < 4.78 is 42.3. The van der Waals surface area contributed by atoms with E-state index in [1.54, 1.807) is 13.8 Å². The predicted molar refractivity (Wildman–Crippen MR) is 76.1 cm³/mol. The second-order valence-electron chi connectivity index (χ2n) is 4.91. The molecule has 1 aromatic rings. The van der Waals surface area contributed by atoms with Gasteiger partial charge < -0.3 is 14.2 Å². The molecule has 4 nitrogen and oxygen atoms in total. The summed E-state index contributed by atoms with van der Waals surface area (Å²) >= 11 is 0. The van der Waals surface area contributed by atoms with Crippen LogP contribution in [0.3, 0.4) is 0 Å². The second-order valence-corrected chi connectivity index (χ2v) is 4.91. The predicted octanol–water partition coefficient (Wildman–Crippen LogP) is 3.02. The molecular weight excluding hydrogens is 294 g/mol. The number of hydrogen-bond acceptors (Lipinski definition) is 4. The van der Waals surface area contributed by atoms with Gasteiger partial charge in [0.25, 0.3) is 0 Å². The third kappa shape index (κ3) is 4.61. The van der Waals surface area contributed by atoms with E-state index in [0.717, 1.165) is 12.1 Å². The van der Waals surface area contributed by atoms with Crippen LogP contribution in [0.25, 0.3) is 6.08 Å². The lowest BCUT2D eigenvalue weighted by Crippen LogP contribution is -2.08. The van der Waals surface area contributed by atoms with Crippen molar-refractivity contribution >= 4 is 12.0 Å². The second kappa shape index (κ2) is 7.47. The van der Waals surface area contributed by atoms with E-state index in [0.29, 0.717) is 24.3 Å². The van der Waals surface area contributed by atoms with E-state index in [1.807, 2.05) is 0 Å². The molecule has 0 unspecified atom stereocenters. The summed E-state index contributed by atoms with van der Waals surface area (Å²) in [5.41, 5.74) is 0.830. The highest BCUT2D eigenvalue weighted by molar-refractivity contribution is 5.87. The number of rotatable bonds is 7. The molecular formula is C16H18F2O4.